The Kier molecular flexibility index (Phi) is 4.84. The summed E-state index contributed by atoms with van der Waals surface area (Å²) in [7, 11) is 4.24. The second-order valence-corrected chi connectivity index (χ2v) is 4.88. The quantitative estimate of drug-likeness (QED) is 0.539. The minimum absolute atomic E-state index is 0.782. The van der Waals surface area contributed by atoms with E-state index >= 15 is 0 Å². The van der Waals surface area contributed by atoms with Gasteiger partial charge in [0.1, 0.15) is 0 Å². The minimum Gasteiger partial charge on any atom is -0.309 e. The average molecular weight is 241 g/mol. The maximum Gasteiger partial charge on any atom is 0.0119 e. The van der Waals surface area contributed by atoms with Crippen LogP contribution in [-0.4, -0.2) is 29.5 Å². The van der Waals surface area contributed by atoms with Crippen LogP contribution in [-0.2, 0) is 0 Å². The van der Waals surface area contributed by atoms with Crippen molar-refractivity contribution in [3.8, 4) is 0 Å². The van der Waals surface area contributed by atoms with E-state index in [9.17, 15) is 0 Å². The van der Waals surface area contributed by atoms with Crippen molar-refractivity contribution in [2.75, 3.05) is 20.6 Å². The van der Waals surface area contributed by atoms with Gasteiger partial charge in [-0.1, -0.05) is 36.4 Å². The molecule has 0 fully saturated rings. The van der Waals surface area contributed by atoms with Gasteiger partial charge in [0.25, 0.3) is 0 Å². The highest BCUT2D eigenvalue weighted by Crippen LogP contribution is 2.12. The van der Waals surface area contributed by atoms with Crippen LogP contribution in [0.5, 0.6) is 0 Å². The lowest BCUT2D eigenvalue weighted by Gasteiger charge is -2.18. The van der Waals surface area contributed by atoms with Gasteiger partial charge in [-0.2, -0.15) is 0 Å². The fraction of sp³-hybridized carbons (Fsp3) is 1.00. The zero-order valence-corrected chi connectivity index (χ0v) is 8.84. The van der Waals surface area contributed by atoms with Gasteiger partial charge in [0, 0.05) is 10.5 Å². The molecule has 2 atom stereocenters. The molecule has 1 unspecified atom stereocenters. The number of hydrogen-bond donors (Lipinski definition) is 0. The van der Waals surface area contributed by atoms with Crippen LogP contribution in [0.25, 0.3) is 0 Å². The Balaban J connectivity index is 3.38. The molecule has 0 N–H and O–H groups in total. The normalized spacial score (nSPS) is 18.0. The summed E-state index contributed by atoms with van der Waals surface area (Å²) in [5.41, 5.74) is 0. The van der Waals surface area contributed by atoms with Crippen molar-refractivity contribution in [2.45, 2.75) is 17.8 Å². The van der Waals surface area contributed by atoms with Crippen molar-refractivity contribution < 1.29 is 0 Å². The lowest BCUT2D eigenvalue weighted by atomic mass is 10.1. The highest BCUT2D eigenvalue weighted by molar-refractivity contribution is 14.1. The van der Waals surface area contributed by atoms with Crippen molar-refractivity contribution in [1.29, 1.82) is 0 Å². The van der Waals surface area contributed by atoms with Gasteiger partial charge in [-0.25, -0.2) is 0 Å². The second kappa shape index (κ2) is 4.50. The van der Waals surface area contributed by atoms with Crippen LogP contribution >= 0.6 is 22.6 Å². The highest BCUT2D eigenvalue weighted by Gasteiger charge is 2.08. The molecular weight excluding hydrogens is 225 g/mol. The van der Waals surface area contributed by atoms with E-state index in [1.165, 1.54) is 6.54 Å². The number of rotatable bonds is 3. The molecule has 0 radical (unpaired) electrons. The van der Waals surface area contributed by atoms with E-state index in [1.807, 2.05) is 0 Å². The molecule has 0 heterocycles. The van der Waals surface area contributed by atoms with E-state index in [2.05, 4.69) is 55.4 Å². The lowest BCUT2D eigenvalue weighted by molar-refractivity contribution is 0.342. The molecule has 0 bridgehead atoms. The molecule has 0 saturated carbocycles. The number of hydrogen-bond acceptors (Lipinski definition) is 1. The molecule has 9 heavy (non-hydrogen) atoms. The van der Waals surface area contributed by atoms with Crippen molar-refractivity contribution >= 4 is 22.6 Å². The first-order valence-corrected chi connectivity index (χ1v) is 4.57. The molecule has 0 rings (SSSR count). The first-order valence-electron chi connectivity index (χ1n) is 3.33. The molecule has 0 aromatic rings. The standard InChI is InChI=1S/C7H16IN/c1-6(7(2)8)5-9(3)4/h6-7H,5H2,1-4H3/t6?,7-/m0/s1. The maximum absolute atomic E-state index is 2.48. The number of halogens is 1. The Hall–Kier alpha value is 0.690. The van der Waals surface area contributed by atoms with Gasteiger partial charge in [-0.3, -0.25) is 0 Å². The topological polar surface area (TPSA) is 3.24 Å². The van der Waals surface area contributed by atoms with Gasteiger partial charge >= 0.3 is 0 Å². The molecule has 0 aliphatic rings. The fourth-order valence-electron chi connectivity index (χ4n) is 0.721. The van der Waals surface area contributed by atoms with E-state index in [0.29, 0.717) is 0 Å². The van der Waals surface area contributed by atoms with Gasteiger partial charge in [0.2, 0.25) is 0 Å². The summed E-state index contributed by atoms with van der Waals surface area (Å²) in [6.07, 6.45) is 0. The molecule has 0 saturated heterocycles. The summed E-state index contributed by atoms with van der Waals surface area (Å²) >= 11 is 2.48. The third-order valence-corrected chi connectivity index (χ3v) is 2.66. The average Bonchev–Trinajstić information content (AvgIpc) is 1.63. The Morgan fingerprint density at radius 2 is 1.78 bits per heavy atom. The van der Waals surface area contributed by atoms with Crippen LogP contribution in [0.3, 0.4) is 0 Å². The summed E-state index contributed by atoms with van der Waals surface area (Å²) < 4.78 is 0.782. The Bertz CT molecular complexity index is 71.3. The second-order valence-electron chi connectivity index (χ2n) is 2.92. The Morgan fingerprint density at radius 3 is 1.89 bits per heavy atom. The van der Waals surface area contributed by atoms with Crippen molar-refractivity contribution in [2.24, 2.45) is 5.92 Å². The predicted octanol–water partition coefficient (Wildman–Crippen LogP) is 2.01. The maximum atomic E-state index is 2.48. The third-order valence-electron chi connectivity index (χ3n) is 1.44. The van der Waals surface area contributed by atoms with Crippen LogP contribution in [0.4, 0.5) is 0 Å². The SMILES string of the molecule is CC(CN(C)C)[C@H](C)I. The molecule has 56 valence electrons. The third kappa shape index (κ3) is 5.15. The zero-order valence-electron chi connectivity index (χ0n) is 6.69. The zero-order chi connectivity index (χ0) is 7.44. The van der Waals surface area contributed by atoms with Gasteiger partial charge in [-0.15, -0.1) is 0 Å². The molecule has 0 aliphatic carbocycles. The summed E-state index contributed by atoms with van der Waals surface area (Å²) in [6.45, 7) is 5.75. The highest BCUT2D eigenvalue weighted by atomic mass is 127. The van der Waals surface area contributed by atoms with Crippen molar-refractivity contribution in [1.82, 2.24) is 4.90 Å². The molecular formula is C7H16IN. The Labute approximate surface area is 72.0 Å². The van der Waals surface area contributed by atoms with Gasteiger partial charge in [0.05, 0.1) is 0 Å². The summed E-state index contributed by atoms with van der Waals surface area (Å²) in [6, 6.07) is 0. The van der Waals surface area contributed by atoms with Crippen LogP contribution in [0.1, 0.15) is 13.8 Å². The number of nitrogens with zero attached hydrogens (tertiary/aromatic N) is 1. The molecule has 0 spiro atoms. The lowest BCUT2D eigenvalue weighted by Crippen LogP contribution is -2.23. The van der Waals surface area contributed by atoms with E-state index in [-0.39, 0.29) is 0 Å². The smallest absolute Gasteiger partial charge is 0.0119 e. The molecule has 0 amide bonds. The summed E-state index contributed by atoms with van der Waals surface area (Å²) in [5.74, 6) is 0.806. The van der Waals surface area contributed by atoms with Gasteiger partial charge < -0.3 is 4.90 Å². The summed E-state index contributed by atoms with van der Waals surface area (Å²) in [4.78, 5) is 2.24. The monoisotopic (exact) mass is 241 g/mol. The fourth-order valence-corrected chi connectivity index (χ4v) is 0.949. The van der Waals surface area contributed by atoms with Crippen LogP contribution in [0, 0.1) is 5.92 Å². The first kappa shape index (κ1) is 9.69. The van der Waals surface area contributed by atoms with E-state index in [4.69, 9.17) is 0 Å². The molecule has 0 aromatic heterocycles. The van der Waals surface area contributed by atoms with E-state index < -0.39 is 0 Å². The molecule has 1 nitrogen and oxygen atoms in total. The predicted molar refractivity (Wildman–Crippen MR) is 51.2 cm³/mol. The van der Waals surface area contributed by atoms with E-state index in [1.54, 1.807) is 0 Å². The molecule has 0 aliphatic heterocycles. The molecule has 2 heteroatoms. The van der Waals surface area contributed by atoms with Crippen LogP contribution in [0.15, 0.2) is 0 Å². The van der Waals surface area contributed by atoms with Crippen molar-refractivity contribution in [3.63, 3.8) is 0 Å². The first-order chi connectivity index (χ1) is 4.04. The summed E-state index contributed by atoms with van der Waals surface area (Å²) in [5, 5.41) is 0. The van der Waals surface area contributed by atoms with Gasteiger partial charge in [0.15, 0.2) is 0 Å². The Morgan fingerprint density at radius 1 is 1.33 bits per heavy atom. The largest absolute Gasteiger partial charge is 0.309 e. The van der Waals surface area contributed by atoms with E-state index in [0.717, 1.165) is 9.84 Å². The van der Waals surface area contributed by atoms with Crippen molar-refractivity contribution in [3.05, 3.63) is 0 Å². The number of alkyl halides is 1. The van der Waals surface area contributed by atoms with Crippen LogP contribution < -0.4 is 0 Å². The molecule has 0 aromatic carbocycles. The van der Waals surface area contributed by atoms with Gasteiger partial charge in [-0.05, 0) is 20.0 Å². The minimum atomic E-state index is 0.782. The van der Waals surface area contributed by atoms with Crippen LogP contribution in [0.2, 0.25) is 0 Å².